The number of rotatable bonds is 4. The lowest BCUT2D eigenvalue weighted by atomic mass is 9.78. The second-order valence-corrected chi connectivity index (χ2v) is 9.38. The van der Waals surface area contributed by atoms with Crippen LogP contribution in [-0.4, -0.2) is 48.8 Å². The number of ether oxygens (including phenoxy) is 4. The molecule has 3 aromatic rings. The zero-order valence-corrected chi connectivity index (χ0v) is 20.7. The Morgan fingerprint density at radius 1 is 1.16 bits per heavy atom. The summed E-state index contributed by atoms with van der Waals surface area (Å²) in [5.74, 6) is 0.0568. The van der Waals surface area contributed by atoms with E-state index in [0.29, 0.717) is 54.6 Å². The lowest BCUT2D eigenvalue weighted by Gasteiger charge is -2.42. The monoisotopic (exact) mass is 519 g/mol. The molecule has 1 saturated heterocycles. The molecule has 1 fully saturated rings. The quantitative estimate of drug-likeness (QED) is 0.532. The Kier molecular flexibility index (Phi) is 6.07. The molecule has 0 saturated carbocycles. The van der Waals surface area contributed by atoms with Gasteiger partial charge >= 0.3 is 0 Å². The molecule has 38 heavy (non-hydrogen) atoms. The average Bonchev–Trinajstić information content (AvgIpc) is 2.94. The lowest BCUT2D eigenvalue weighted by Crippen LogP contribution is -2.42. The van der Waals surface area contributed by atoms with Crippen molar-refractivity contribution >= 4 is 17.6 Å². The Hall–Kier alpha value is -4.25. The minimum absolute atomic E-state index is 0.00914. The lowest BCUT2D eigenvalue weighted by molar-refractivity contribution is 0.0622. The van der Waals surface area contributed by atoms with Crippen LogP contribution in [0.4, 0.5) is 10.1 Å². The predicted octanol–water partition coefficient (Wildman–Crippen LogP) is 3.85. The third-order valence-corrected chi connectivity index (χ3v) is 7.16. The van der Waals surface area contributed by atoms with Crippen LogP contribution in [0.3, 0.4) is 0 Å². The van der Waals surface area contributed by atoms with E-state index in [2.05, 4.69) is 20.3 Å². The first kappa shape index (κ1) is 24.1. The minimum Gasteiger partial charge on any atom is -0.480 e. The van der Waals surface area contributed by atoms with Crippen molar-refractivity contribution in [2.45, 2.75) is 30.8 Å². The smallest absolute Gasteiger partial charge is 0.283 e. The molecule has 0 unspecified atom stereocenters. The van der Waals surface area contributed by atoms with E-state index in [-0.39, 0.29) is 23.4 Å². The van der Waals surface area contributed by atoms with Gasteiger partial charge in [0.25, 0.3) is 11.9 Å². The van der Waals surface area contributed by atoms with E-state index < -0.39 is 17.3 Å². The molecule has 1 aromatic heterocycles. The SMILES string of the molecule is COc1cnc(C(=O)Nc2ccc3c(c2)[C@@]2(CCN=C(N)O2)c2cc(C4CCOCC4)cc(F)c2O3)cn1. The summed E-state index contributed by atoms with van der Waals surface area (Å²) < 4.78 is 38.4. The van der Waals surface area contributed by atoms with Crippen LogP contribution in [0.25, 0.3) is 0 Å². The number of amides is 1. The van der Waals surface area contributed by atoms with Gasteiger partial charge in [-0.3, -0.25) is 4.79 Å². The number of aromatic nitrogens is 2. The first-order valence-electron chi connectivity index (χ1n) is 12.4. The zero-order valence-electron chi connectivity index (χ0n) is 20.7. The minimum atomic E-state index is -1.14. The summed E-state index contributed by atoms with van der Waals surface area (Å²) >= 11 is 0. The molecule has 3 aliphatic rings. The van der Waals surface area contributed by atoms with Crippen molar-refractivity contribution < 1.29 is 28.1 Å². The first-order valence-corrected chi connectivity index (χ1v) is 12.4. The maximum atomic E-state index is 15.6. The van der Waals surface area contributed by atoms with Crippen molar-refractivity contribution in [2.75, 3.05) is 32.2 Å². The number of hydrogen-bond acceptors (Lipinski definition) is 9. The van der Waals surface area contributed by atoms with E-state index in [1.54, 1.807) is 18.2 Å². The third-order valence-electron chi connectivity index (χ3n) is 7.16. The molecule has 4 heterocycles. The number of carbonyl (C=O) groups excluding carboxylic acids is 1. The topological polar surface area (TPSA) is 130 Å². The first-order chi connectivity index (χ1) is 18.5. The molecule has 1 spiro atoms. The van der Waals surface area contributed by atoms with Crippen LogP contribution in [0.5, 0.6) is 17.4 Å². The summed E-state index contributed by atoms with van der Waals surface area (Å²) in [4.78, 5) is 25.2. The second kappa shape index (κ2) is 9.56. The van der Waals surface area contributed by atoms with E-state index in [1.807, 2.05) is 6.07 Å². The number of halogens is 1. The molecule has 3 aliphatic heterocycles. The standard InChI is InChI=1S/C27H26FN5O5/c1-35-23-14-31-21(13-32-23)25(34)33-17-2-3-22-18(12-17)27(6-7-30-26(29)38-27)19-10-16(11-20(28)24(19)37-22)15-4-8-36-9-5-15/h2-3,10-15H,4-9H2,1H3,(H2,29,30)(H,33,34)/t27-/m0/s1. The number of nitrogens with one attached hydrogen (secondary N) is 1. The molecule has 0 bridgehead atoms. The number of amidine groups is 1. The largest absolute Gasteiger partial charge is 0.480 e. The van der Waals surface area contributed by atoms with E-state index in [1.165, 1.54) is 25.6 Å². The fraction of sp³-hybridized carbons (Fsp3) is 0.333. The molecule has 6 rings (SSSR count). The number of nitrogens with two attached hydrogens (primary N) is 1. The maximum absolute atomic E-state index is 15.6. The second-order valence-electron chi connectivity index (χ2n) is 9.38. The molecule has 10 nitrogen and oxygen atoms in total. The van der Waals surface area contributed by atoms with Crippen LogP contribution < -0.4 is 20.5 Å². The molecule has 0 aliphatic carbocycles. The van der Waals surface area contributed by atoms with Crippen LogP contribution in [0.1, 0.15) is 52.4 Å². The van der Waals surface area contributed by atoms with E-state index in [4.69, 9.17) is 24.7 Å². The number of nitrogens with zero attached hydrogens (tertiary/aromatic N) is 3. The van der Waals surface area contributed by atoms with Gasteiger partial charge in [-0.15, -0.1) is 0 Å². The molecule has 196 valence electrons. The van der Waals surface area contributed by atoms with E-state index in [9.17, 15) is 4.79 Å². The van der Waals surface area contributed by atoms with Crippen LogP contribution >= 0.6 is 0 Å². The van der Waals surface area contributed by atoms with E-state index >= 15 is 4.39 Å². The summed E-state index contributed by atoms with van der Waals surface area (Å²) in [6, 6.07) is 8.60. The summed E-state index contributed by atoms with van der Waals surface area (Å²) in [5.41, 5.74) is 7.56. The molecule has 1 amide bonds. The van der Waals surface area contributed by atoms with Crippen molar-refractivity contribution in [3.63, 3.8) is 0 Å². The van der Waals surface area contributed by atoms with Gasteiger partial charge in [0.05, 0.1) is 19.5 Å². The Morgan fingerprint density at radius 2 is 2.00 bits per heavy atom. The van der Waals surface area contributed by atoms with Crippen LogP contribution in [0.2, 0.25) is 0 Å². The number of fused-ring (bicyclic) bond motifs is 4. The van der Waals surface area contributed by atoms with Gasteiger partial charge < -0.3 is 30.0 Å². The van der Waals surface area contributed by atoms with Gasteiger partial charge in [-0.25, -0.2) is 19.4 Å². The maximum Gasteiger partial charge on any atom is 0.283 e. The van der Waals surface area contributed by atoms with Crippen molar-refractivity contribution in [2.24, 2.45) is 10.7 Å². The zero-order chi connectivity index (χ0) is 26.3. The van der Waals surface area contributed by atoms with Crippen LogP contribution in [0.15, 0.2) is 47.7 Å². The summed E-state index contributed by atoms with van der Waals surface area (Å²) in [6.45, 7) is 1.64. The molecular formula is C27H26FN5O5. The fourth-order valence-electron chi connectivity index (χ4n) is 5.25. The van der Waals surface area contributed by atoms with Crippen molar-refractivity contribution in [1.29, 1.82) is 0 Å². The highest BCUT2D eigenvalue weighted by Crippen LogP contribution is 2.54. The number of anilines is 1. The van der Waals surface area contributed by atoms with E-state index in [0.717, 1.165) is 18.4 Å². The van der Waals surface area contributed by atoms with Gasteiger partial charge in [-0.1, -0.05) is 0 Å². The average molecular weight is 520 g/mol. The van der Waals surface area contributed by atoms with Crippen LogP contribution in [0, 0.1) is 5.82 Å². The summed E-state index contributed by atoms with van der Waals surface area (Å²) in [5, 5.41) is 2.83. The van der Waals surface area contributed by atoms with Gasteiger partial charge in [-0.05, 0) is 54.7 Å². The molecule has 11 heteroatoms. The molecule has 1 atom stereocenters. The van der Waals surface area contributed by atoms with Gasteiger partial charge in [-0.2, -0.15) is 0 Å². The number of methoxy groups -OCH3 is 1. The Balaban J connectivity index is 1.40. The van der Waals surface area contributed by atoms with Crippen LogP contribution in [-0.2, 0) is 15.1 Å². The van der Waals surface area contributed by atoms with Gasteiger partial charge in [0.2, 0.25) is 5.88 Å². The Morgan fingerprint density at radius 3 is 2.74 bits per heavy atom. The number of aliphatic imine (C=N–C) groups is 1. The van der Waals surface area contributed by atoms with Gasteiger partial charge in [0, 0.05) is 43.0 Å². The summed E-state index contributed by atoms with van der Waals surface area (Å²) in [7, 11) is 1.47. The molecular weight excluding hydrogens is 493 g/mol. The molecule has 2 aromatic carbocycles. The normalized spacial score (nSPS) is 20.4. The number of hydrogen-bond donors (Lipinski definition) is 2. The molecule has 3 N–H and O–H groups in total. The van der Waals surface area contributed by atoms with Crippen molar-refractivity contribution in [3.05, 3.63) is 70.9 Å². The van der Waals surface area contributed by atoms with Gasteiger partial charge in [0.15, 0.2) is 17.2 Å². The molecule has 0 radical (unpaired) electrons. The fourth-order valence-corrected chi connectivity index (χ4v) is 5.25. The van der Waals surface area contributed by atoms with Gasteiger partial charge in [0.1, 0.15) is 11.4 Å². The highest BCUT2D eigenvalue weighted by atomic mass is 19.1. The Labute approximate surface area is 218 Å². The predicted molar refractivity (Wildman–Crippen MR) is 135 cm³/mol. The summed E-state index contributed by atoms with van der Waals surface area (Å²) in [6.07, 6.45) is 4.71. The third kappa shape index (κ3) is 4.18. The number of carbonyl (C=O) groups is 1. The highest BCUT2D eigenvalue weighted by Gasteiger charge is 2.48. The van der Waals surface area contributed by atoms with Crippen molar-refractivity contribution in [3.8, 4) is 17.4 Å². The van der Waals surface area contributed by atoms with Crippen molar-refractivity contribution in [1.82, 2.24) is 9.97 Å². The highest BCUT2D eigenvalue weighted by molar-refractivity contribution is 6.02. The number of benzene rings is 2. The Bertz CT molecular complexity index is 1420.